The van der Waals surface area contributed by atoms with E-state index in [0.717, 1.165) is 32.6 Å². The van der Waals surface area contributed by atoms with Crippen LogP contribution in [0.2, 0.25) is 0 Å². The van der Waals surface area contributed by atoms with E-state index in [1.165, 1.54) is 22.5 Å². The van der Waals surface area contributed by atoms with E-state index < -0.39 is 14.9 Å². The number of halogens is 1. The SMILES string of the molecule is Cl.O=[N+]([O-])c1cccc(CS(=O)(=O)N2CCC(N3CCNCC3)C2)c1. The van der Waals surface area contributed by atoms with Crippen molar-refractivity contribution in [2.75, 3.05) is 39.3 Å². The minimum atomic E-state index is -3.46. The van der Waals surface area contributed by atoms with Crippen LogP contribution < -0.4 is 5.32 Å². The van der Waals surface area contributed by atoms with E-state index in [-0.39, 0.29) is 29.9 Å². The molecule has 2 heterocycles. The van der Waals surface area contributed by atoms with E-state index >= 15 is 0 Å². The lowest BCUT2D eigenvalue weighted by Gasteiger charge is -2.32. The van der Waals surface area contributed by atoms with E-state index in [9.17, 15) is 18.5 Å². The molecule has 0 amide bonds. The highest BCUT2D eigenvalue weighted by Gasteiger charge is 2.34. The van der Waals surface area contributed by atoms with Gasteiger partial charge in [0.1, 0.15) is 0 Å². The normalized spacial score (nSPS) is 22.5. The molecule has 1 aromatic rings. The largest absolute Gasteiger partial charge is 0.314 e. The predicted octanol–water partition coefficient (Wildman–Crippen LogP) is 0.826. The number of nitro groups is 1. The first-order chi connectivity index (χ1) is 11.5. The summed E-state index contributed by atoms with van der Waals surface area (Å²) in [5.41, 5.74) is 0.373. The zero-order valence-electron chi connectivity index (χ0n) is 13.8. The molecule has 0 radical (unpaired) electrons. The highest BCUT2D eigenvalue weighted by Crippen LogP contribution is 2.22. The van der Waals surface area contributed by atoms with Crippen LogP contribution in [0.3, 0.4) is 0 Å². The van der Waals surface area contributed by atoms with Gasteiger partial charge in [-0.1, -0.05) is 12.1 Å². The number of rotatable bonds is 5. The standard InChI is InChI=1S/C15H22N4O4S.ClH/c20-19(21)14-3-1-2-13(10-14)12-24(22,23)18-7-4-15(11-18)17-8-5-16-6-9-17;/h1-3,10,15-16H,4-9,11-12H2;1H. The van der Waals surface area contributed by atoms with Crippen LogP contribution in [0.5, 0.6) is 0 Å². The molecule has 1 unspecified atom stereocenters. The van der Waals surface area contributed by atoms with Gasteiger partial charge in [-0.15, -0.1) is 12.4 Å². The van der Waals surface area contributed by atoms with Crippen LogP contribution in [0.1, 0.15) is 12.0 Å². The summed E-state index contributed by atoms with van der Waals surface area (Å²) >= 11 is 0. The van der Waals surface area contributed by atoms with Crippen molar-refractivity contribution < 1.29 is 13.3 Å². The Kier molecular flexibility index (Phi) is 6.75. The number of non-ortho nitro benzene ring substituents is 1. The van der Waals surface area contributed by atoms with Crippen molar-refractivity contribution in [3.63, 3.8) is 0 Å². The molecule has 0 aromatic heterocycles. The Morgan fingerprint density at radius 2 is 1.96 bits per heavy atom. The van der Waals surface area contributed by atoms with Gasteiger partial charge in [-0.25, -0.2) is 12.7 Å². The average molecular weight is 391 g/mol. The van der Waals surface area contributed by atoms with Crippen molar-refractivity contribution in [2.45, 2.75) is 18.2 Å². The number of nitrogens with zero attached hydrogens (tertiary/aromatic N) is 3. The van der Waals surface area contributed by atoms with Crippen LogP contribution in [-0.4, -0.2) is 67.9 Å². The molecule has 0 aliphatic carbocycles. The summed E-state index contributed by atoms with van der Waals surface area (Å²) in [6.45, 7) is 4.81. The monoisotopic (exact) mass is 390 g/mol. The molecule has 140 valence electrons. The van der Waals surface area contributed by atoms with Gasteiger partial charge in [-0.2, -0.15) is 0 Å². The van der Waals surface area contributed by atoms with Crippen molar-refractivity contribution in [2.24, 2.45) is 0 Å². The van der Waals surface area contributed by atoms with Gasteiger partial charge in [0, 0.05) is 57.4 Å². The Balaban J connectivity index is 0.00000225. The van der Waals surface area contributed by atoms with Crippen molar-refractivity contribution >= 4 is 28.1 Å². The van der Waals surface area contributed by atoms with Crippen LogP contribution in [0.25, 0.3) is 0 Å². The molecule has 0 bridgehead atoms. The maximum absolute atomic E-state index is 12.6. The molecular formula is C15H23ClN4O4S. The summed E-state index contributed by atoms with van der Waals surface area (Å²) in [7, 11) is -3.46. The second-order valence-corrected chi connectivity index (χ2v) is 8.24. The van der Waals surface area contributed by atoms with Crippen molar-refractivity contribution in [3.05, 3.63) is 39.9 Å². The molecule has 10 heteroatoms. The maximum atomic E-state index is 12.6. The Bertz CT molecular complexity index is 709. The van der Waals surface area contributed by atoms with Gasteiger partial charge >= 0.3 is 0 Å². The molecule has 2 saturated heterocycles. The Labute approximate surface area is 153 Å². The molecule has 2 aliphatic rings. The quantitative estimate of drug-likeness (QED) is 0.591. The summed E-state index contributed by atoms with van der Waals surface area (Å²) < 4.78 is 26.8. The minimum Gasteiger partial charge on any atom is -0.314 e. The fourth-order valence-corrected chi connectivity index (χ4v) is 4.94. The summed E-state index contributed by atoms with van der Waals surface area (Å²) in [6, 6.07) is 6.12. The Morgan fingerprint density at radius 1 is 1.24 bits per heavy atom. The van der Waals surface area contributed by atoms with Crippen LogP contribution in [0.4, 0.5) is 5.69 Å². The summed E-state index contributed by atoms with van der Waals surface area (Å²) in [5, 5.41) is 14.1. The van der Waals surface area contributed by atoms with Gasteiger partial charge in [-0.05, 0) is 12.0 Å². The Hall–Kier alpha value is -1.26. The molecular weight excluding hydrogens is 368 g/mol. The molecule has 2 aliphatic heterocycles. The number of piperazine rings is 1. The third-order valence-corrected chi connectivity index (χ3v) is 6.47. The van der Waals surface area contributed by atoms with Gasteiger partial charge in [0.05, 0.1) is 10.7 Å². The number of nitrogens with one attached hydrogen (secondary N) is 1. The zero-order chi connectivity index (χ0) is 17.2. The number of hydrogen-bond donors (Lipinski definition) is 1. The molecule has 1 N–H and O–H groups in total. The van der Waals surface area contributed by atoms with Crippen LogP contribution >= 0.6 is 12.4 Å². The van der Waals surface area contributed by atoms with Crippen molar-refractivity contribution in [3.8, 4) is 0 Å². The molecule has 1 aromatic carbocycles. The molecule has 2 fully saturated rings. The highest BCUT2D eigenvalue weighted by molar-refractivity contribution is 7.88. The van der Waals surface area contributed by atoms with E-state index in [4.69, 9.17) is 0 Å². The van der Waals surface area contributed by atoms with E-state index in [1.807, 2.05) is 0 Å². The fourth-order valence-electron chi connectivity index (χ4n) is 3.37. The van der Waals surface area contributed by atoms with Gasteiger partial charge < -0.3 is 5.32 Å². The van der Waals surface area contributed by atoms with Crippen LogP contribution in [0.15, 0.2) is 24.3 Å². The van der Waals surface area contributed by atoms with E-state index in [2.05, 4.69) is 10.2 Å². The van der Waals surface area contributed by atoms with Crippen molar-refractivity contribution in [1.29, 1.82) is 0 Å². The van der Waals surface area contributed by atoms with Gasteiger partial charge in [0.25, 0.3) is 5.69 Å². The third kappa shape index (κ3) is 4.89. The molecule has 25 heavy (non-hydrogen) atoms. The molecule has 3 rings (SSSR count). The zero-order valence-corrected chi connectivity index (χ0v) is 15.5. The number of nitro benzene ring substituents is 1. The third-order valence-electron chi connectivity index (χ3n) is 4.66. The molecule has 0 saturated carbocycles. The van der Waals surface area contributed by atoms with E-state index in [0.29, 0.717) is 18.7 Å². The first kappa shape index (κ1) is 20.1. The second kappa shape index (κ2) is 8.41. The highest BCUT2D eigenvalue weighted by atomic mass is 35.5. The first-order valence-corrected chi connectivity index (χ1v) is 9.72. The van der Waals surface area contributed by atoms with E-state index in [1.54, 1.807) is 6.07 Å². The topological polar surface area (TPSA) is 95.8 Å². The fraction of sp³-hybridized carbons (Fsp3) is 0.600. The van der Waals surface area contributed by atoms with Crippen LogP contribution in [-0.2, 0) is 15.8 Å². The van der Waals surface area contributed by atoms with Crippen LogP contribution in [0, 0.1) is 10.1 Å². The average Bonchev–Trinajstić information content (AvgIpc) is 3.06. The molecule has 0 spiro atoms. The number of benzene rings is 1. The number of sulfonamides is 1. The lowest BCUT2D eigenvalue weighted by molar-refractivity contribution is -0.384. The second-order valence-electron chi connectivity index (χ2n) is 6.27. The summed E-state index contributed by atoms with van der Waals surface area (Å²) in [6.07, 6.45) is 0.841. The molecule has 1 atom stereocenters. The lowest BCUT2D eigenvalue weighted by Crippen LogP contribution is -2.49. The molecule has 8 nitrogen and oxygen atoms in total. The smallest absolute Gasteiger partial charge is 0.269 e. The summed E-state index contributed by atoms with van der Waals surface area (Å²) in [5.74, 6) is -0.192. The van der Waals surface area contributed by atoms with Gasteiger partial charge in [0.15, 0.2) is 0 Å². The maximum Gasteiger partial charge on any atom is 0.269 e. The number of hydrogen-bond acceptors (Lipinski definition) is 6. The lowest BCUT2D eigenvalue weighted by atomic mass is 10.2. The predicted molar refractivity (Wildman–Crippen MR) is 97.4 cm³/mol. The minimum absolute atomic E-state index is 0. The first-order valence-electron chi connectivity index (χ1n) is 8.11. The van der Waals surface area contributed by atoms with Gasteiger partial charge in [0.2, 0.25) is 10.0 Å². The van der Waals surface area contributed by atoms with Crippen molar-refractivity contribution in [1.82, 2.24) is 14.5 Å². The van der Waals surface area contributed by atoms with Gasteiger partial charge in [-0.3, -0.25) is 15.0 Å². The Morgan fingerprint density at radius 3 is 2.64 bits per heavy atom. The summed E-state index contributed by atoms with van der Waals surface area (Å²) in [4.78, 5) is 12.7.